The maximum Gasteiger partial charge on any atom is 0.335 e. The number of halogens is 1. The van der Waals surface area contributed by atoms with Crippen LogP contribution in [-0.4, -0.2) is 16.1 Å². The van der Waals surface area contributed by atoms with Gasteiger partial charge in [-0.2, -0.15) is 0 Å². The molecule has 98 valence electrons. The Hall–Kier alpha value is -1.33. The molecule has 0 radical (unpaired) electrons. The number of carbonyl (C=O) groups is 1. The van der Waals surface area contributed by atoms with E-state index in [1.165, 1.54) is 11.8 Å². The van der Waals surface area contributed by atoms with Crippen LogP contribution in [0.2, 0.25) is 0 Å². The van der Waals surface area contributed by atoms with E-state index in [-0.39, 0.29) is 0 Å². The van der Waals surface area contributed by atoms with Gasteiger partial charge in [0, 0.05) is 11.1 Å². The van der Waals surface area contributed by atoms with Crippen molar-refractivity contribution < 1.29 is 9.90 Å². The molecular formula is C14H12BrNO2S. The van der Waals surface area contributed by atoms with E-state index in [0.29, 0.717) is 5.56 Å². The Bertz CT molecular complexity index is 643. The molecule has 3 nitrogen and oxygen atoms in total. The monoisotopic (exact) mass is 337 g/mol. The quantitative estimate of drug-likeness (QED) is 0.906. The molecular weight excluding hydrogens is 326 g/mol. The number of carboxylic acids is 1. The molecule has 5 heteroatoms. The van der Waals surface area contributed by atoms with Crippen molar-refractivity contribution in [3.8, 4) is 0 Å². The van der Waals surface area contributed by atoms with E-state index in [9.17, 15) is 4.79 Å². The van der Waals surface area contributed by atoms with Gasteiger partial charge in [-0.05, 0) is 59.1 Å². The van der Waals surface area contributed by atoms with Gasteiger partial charge in [0.25, 0.3) is 0 Å². The van der Waals surface area contributed by atoms with E-state index in [4.69, 9.17) is 5.11 Å². The standard InChI is InChI=1S/C14H12BrNO2S/c1-8-3-4-10(7-11(8)14(17)18)19-13-12(15)9(2)5-6-16-13/h3-7H,1-2H3,(H,17,18). The molecule has 0 spiro atoms. The normalized spacial score (nSPS) is 10.5. The number of aromatic nitrogens is 1. The van der Waals surface area contributed by atoms with Gasteiger partial charge in [0.05, 0.1) is 10.0 Å². The first-order chi connectivity index (χ1) is 8.99. The van der Waals surface area contributed by atoms with Gasteiger partial charge in [-0.3, -0.25) is 0 Å². The Morgan fingerprint density at radius 2 is 2.00 bits per heavy atom. The van der Waals surface area contributed by atoms with Crippen LogP contribution in [0.15, 0.2) is 44.9 Å². The number of aryl methyl sites for hydroxylation is 2. The molecule has 0 unspecified atom stereocenters. The van der Waals surface area contributed by atoms with Crippen molar-refractivity contribution in [1.82, 2.24) is 4.98 Å². The number of hydrogen-bond donors (Lipinski definition) is 1. The minimum atomic E-state index is -0.906. The molecule has 0 bridgehead atoms. The number of hydrogen-bond acceptors (Lipinski definition) is 3. The van der Waals surface area contributed by atoms with Gasteiger partial charge < -0.3 is 5.11 Å². The summed E-state index contributed by atoms with van der Waals surface area (Å²) in [4.78, 5) is 16.3. The predicted octanol–water partition coefficient (Wildman–Crippen LogP) is 4.31. The first-order valence-electron chi connectivity index (χ1n) is 5.62. The zero-order chi connectivity index (χ0) is 14.0. The highest BCUT2D eigenvalue weighted by atomic mass is 79.9. The number of carboxylic acid groups (broad SMARTS) is 1. The number of rotatable bonds is 3. The molecule has 1 heterocycles. The smallest absolute Gasteiger partial charge is 0.335 e. The average molecular weight is 338 g/mol. The van der Waals surface area contributed by atoms with E-state index < -0.39 is 5.97 Å². The van der Waals surface area contributed by atoms with Crippen LogP contribution in [0.4, 0.5) is 0 Å². The van der Waals surface area contributed by atoms with Gasteiger partial charge >= 0.3 is 5.97 Å². The maximum atomic E-state index is 11.1. The second-order valence-corrected chi connectivity index (χ2v) is 5.99. The molecule has 2 rings (SSSR count). The molecule has 19 heavy (non-hydrogen) atoms. The van der Waals surface area contributed by atoms with Crippen LogP contribution in [0.25, 0.3) is 0 Å². The van der Waals surface area contributed by atoms with E-state index in [0.717, 1.165) is 25.5 Å². The molecule has 0 saturated carbocycles. The first-order valence-corrected chi connectivity index (χ1v) is 7.23. The highest BCUT2D eigenvalue weighted by Gasteiger charge is 2.11. The summed E-state index contributed by atoms with van der Waals surface area (Å²) in [6.45, 7) is 3.78. The van der Waals surface area contributed by atoms with Gasteiger partial charge in [-0.1, -0.05) is 17.8 Å². The van der Waals surface area contributed by atoms with Gasteiger partial charge in [-0.15, -0.1) is 0 Å². The molecule has 1 aromatic heterocycles. The summed E-state index contributed by atoms with van der Waals surface area (Å²) in [7, 11) is 0. The summed E-state index contributed by atoms with van der Waals surface area (Å²) >= 11 is 4.95. The van der Waals surface area contributed by atoms with Crippen molar-refractivity contribution in [2.45, 2.75) is 23.8 Å². The summed E-state index contributed by atoms with van der Waals surface area (Å²) in [6.07, 6.45) is 1.74. The third kappa shape index (κ3) is 3.16. The highest BCUT2D eigenvalue weighted by Crippen LogP contribution is 2.34. The summed E-state index contributed by atoms with van der Waals surface area (Å²) in [5.74, 6) is -0.906. The molecule has 0 aliphatic carbocycles. The Labute approximate surface area is 124 Å². The Morgan fingerprint density at radius 3 is 2.68 bits per heavy atom. The topological polar surface area (TPSA) is 50.2 Å². The van der Waals surface area contributed by atoms with Gasteiger partial charge in [0.1, 0.15) is 5.03 Å². The van der Waals surface area contributed by atoms with Crippen LogP contribution in [-0.2, 0) is 0 Å². The summed E-state index contributed by atoms with van der Waals surface area (Å²) in [6, 6.07) is 7.32. The Kier molecular flexibility index (Phi) is 4.27. The van der Waals surface area contributed by atoms with E-state index in [2.05, 4.69) is 20.9 Å². The molecule has 0 fully saturated rings. The van der Waals surface area contributed by atoms with Crippen LogP contribution < -0.4 is 0 Å². The SMILES string of the molecule is Cc1ccc(Sc2nccc(C)c2Br)cc1C(=O)O. The second kappa shape index (κ2) is 5.75. The minimum absolute atomic E-state index is 0.328. The fraction of sp³-hybridized carbons (Fsp3) is 0.143. The lowest BCUT2D eigenvalue weighted by Gasteiger charge is -2.07. The van der Waals surface area contributed by atoms with Crippen molar-refractivity contribution in [3.63, 3.8) is 0 Å². The zero-order valence-corrected chi connectivity index (χ0v) is 12.9. The van der Waals surface area contributed by atoms with E-state index in [1.807, 2.05) is 25.1 Å². The lowest BCUT2D eigenvalue weighted by atomic mass is 10.1. The number of pyridine rings is 1. The van der Waals surface area contributed by atoms with Crippen molar-refractivity contribution in [2.75, 3.05) is 0 Å². The van der Waals surface area contributed by atoms with Crippen LogP contribution in [0.3, 0.4) is 0 Å². The summed E-state index contributed by atoms with van der Waals surface area (Å²) < 4.78 is 0.942. The number of aromatic carboxylic acids is 1. The van der Waals surface area contributed by atoms with Gasteiger partial charge in [0.15, 0.2) is 0 Å². The summed E-state index contributed by atoms with van der Waals surface area (Å²) in [5, 5.41) is 9.95. The van der Waals surface area contributed by atoms with Crippen molar-refractivity contribution in [3.05, 3.63) is 51.6 Å². The maximum absolute atomic E-state index is 11.1. The predicted molar refractivity (Wildman–Crippen MR) is 78.9 cm³/mol. The van der Waals surface area contributed by atoms with Gasteiger partial charge in [0.2, 0.25) is 0 Å². The molecule has 0 amide bonds. The lowest BCUT2D eigenvalue weighted by Crippen LogP contribution is -1.99. The molecule has 0 aliphatic heterocycles. The zero-order valence-electron chi connectivity index (χ0n) is 10.5. The molecule has 0 atom stereocenters. The van der Waals surface area contributed by atoms with E-state index >= 15 is 0 Å². The van der Waals surface area contributed by atoms with Crippen LogP contribution in [0.5, 0.6) is 0 Å². The largest absolute Gasteiger partial charge is 0.478 e. The van der Waals surface area contributed by atoms with Crippen LogP contribution in [0, 0.1) is 13.8 Å². The molecule has 2 aromatic rings. The average Bonchev–Trinajstić information content (AvgIpc) is 2.37. The second-order valence-electron chi connectivity index (χ2n) is 4.13. The van der Waals surface area contributed by atoms with Crippen molar-refractivity contribution in [1.29, 1.82) is 0 Å². The Balaban J connectivity index is 2.36. The van der Waals surface area contributed by atoms with Crippen molar-refractivity contribution in [2.24, 2.45) is 0 Å². The van der Waals surface area contributed by atoms with Crippen molar-refractivity contribution >= 4 is 33.7 Å². The molecule has 1 N–H and O–H groups in total. The molecule has 0 aliphatic rings. The van der Waals surface area contributed by atoms with Crippen LogP contribution in [0.1, 0.15) is 21.5 Å². The minimum Gasteiger partial charge on any atom is -0.478 e. The van der Waals surface area contributed by atoms with Gasteiger partial charge in [-0.25, -0.2) is 9.78 Å². The molecule has 1 aromatic carbocycles. The fourth-order valence-electron chi connectivity index (χ4n) is 1.59. The first kappa shape index (κ1) is 14.1. The Morgan fingerprint density at radius 1 is 1.26 bits per heavy atom. The van der Waals surface area contributed by atoms with E-state index in [1.54, 1.807) is 19.2 Å². The van der Waals surface area contributed by atoms with Crippen LogP contribution >= 0.6 is 27.7 Å². The molecule has 0 saturated heterocycles. The third-order valence-electron chi connectivity index (χ3n) is 2.70. The number of nitrogens with zero attached hydrogens (tertiary/aromatic N) is 1. The highest BCUT2D eigenvalue weighted by molar-refractivity contribution is 9.10. The summed E-state index contributed by atoms with van der Waals surface area (Å²) in [5.41, 5.74) is 2.19. The lowest BCUT2D eigenvalue weighted by molar-refractivity contribution is 0.0696. The third-order valence-corrected chi connectivity index (χ3v) is 4.96. The number of benzene rings is 1. The fourth-order valence-corrected chi connectivity index (χ4v) is 2.97.